The highest BCUT2D eigenvalue weighted by molar-refractivity contribution is 5.87. The Morgan fingerprint density at radius 3 is 2.61 bits per heavy atom. The van der Waals surface area contributed by atoms with Crippen molar-refractivity contribution in [2.45, 2.75) is 44.6 Å². The van der Waals surface area contributed by atoms with Gasteiger partial charge in [0, 0.05) is 32.0 Å². The third kappa shape index (κ3) is 5.09. The van der Waals surface area contributed by atoms with E-state index in [1.165, 1.54) is 0 Å². The number of hydroxylamine groups is 1. The molecule has 2 aromatic rings. The largest absolute Gasteiger partial charge is 0.343 e. The van der Waals surface area contributed by atoms with Gasteiger partial charge in [-0.15, -0.1) is 0 Å². The lowest BCUT2D eigenvalue weighted by Crippen LogP contribution is -2.39. The van der Waals surface area contributed by atoms with Crippen molar-refractivity contribution >= 4 is 22.6 Å². The monoisotopic (exact) mass is 383 g/mol. The van der Waals surface area contributed by atoms with E-state index in [0.29, 0.717) is 18.8 Å². The van der Waals surface area contributed by atoms with Crippen molar-refractivity contribution in [3.63, 3.8) is 0 Å². The molecule has 1 saturated heterocycles. The topological polar surface area (TPSA) is 95.7 Å². The molecule has 0 saturated carbocycles. The van der Waals surface area contributed by atoms with Crippen LogP contribution in [0.15, 0.2) is 42.5 Å². The van der Waals surface area contributed by atoms with E-state index in [2.05, 4.69) is 18.2 Å². The summed E-state index contributed by atoms with van der Waals surface area (Å²) in [5.41, 5.74) is 9.08. The van der Waals surface area contributed by atoms with Gasteiger partial charge in [-0.2, -0.15) is 0 Å². The molecule has 0 aliphatic carbocycles. The second-order valence-corrected chi connectivity index (χ2v) is 7.63. The molecule has 1 atom stereocenters. The van der Waals surface area contributed by atoms with Gasteiger partial charge in [-0.05, 0) is 47.9 Å². The van der Waals surface area contributed by atoms with Crippen LogP contribution in [0.25, 0.3) is 10.8 Å². The fourth-order valence-corrected chi connectivity index (χ4v) is 4.08. The van der Waals surface area contributed by atoms with Gasteiger partial charge in [-0.25, -0.2) is 5.48 Å². The van der Waals surface area contributed by atoms with Crippen LogP contribution in [0, 0.1) is 5.92 Å². The van der Waals surface area contributed by atoms with E-state index in [-0.39, 0.29) is 17.9 Å². The van der Waals surface area contributed by atoms with Gasteiger partial charge in [0.2, 0.25) is 11.8 Å². The Kier molecular flexibility index (Phi) is 7.01. The van der Waals surface area contributed by atoms with Crippen molar-refractivity contribution in [3.8, 4) is 0 Å². The van der Waals surface area contributed by atoms with Gasteiger partial charge in [0.25, 0.3) is 0 Å². The van der Waals surface area contributed by atoms with Gasteiger partial charge in [-0.3, -0.25) is 14.8 Å². The van der Waals surface area contributed by atoms with Gasteiger partial charge >= 0.3 is 0 Å². The molecular weight excluding hydrogens is 354 g/mol. The lowest BCUT2D eigenvalue weighted by molar-refractivity contribution is -0.133. The lowest BCUT2D eigenvalue weighted by Gasteiger charge is -2.32. The van der Waals surface area contributed by atoms with Crippen molar-refractivity contribution in [2.75, 3.05) is 13.1 Å². The van der Waals surface area contributed by atoms with Crippen LogP contribution in [0.2, 0.25) is 0 Å². The number of benzene rings is 2. The first-order chi connectivity index (χ1) is 13.6. The zero-order chi connectivity index (χ0) is 19.9. The SMILES string of the molecule is N[C@H](CC(=O)N1CCC(CCCC(=O)NO)CC1)c1cccc2ccccc12. The van der Waals surface area contributed by atoms with Crippen LogP contribution in [0.3, 0.4) is 0 Å². The van der Waals surface area contributed by atoms with E-state index in [9.17, 15) is 9.59 Å². The maximum atomic E-state index is 12.7. The minimum absolute atomic E-state index is 0.110. The number of amides is 2. The van der Waals surface area contributed by atoms with Crippen molar-refractivity contribution in [3.05, 3.63) is 48.0 Å². The molecule has 0 radical (unpaired) electrons. The molecule has 0 unspecified atom stereocenters. The first kappa shape index (κ1) is 20.3. The highest BCUT2D eigenvalue weighted by Gasteiger charge is 2.24. The fraction of sp³-hybridized carbons (Fsp3) is 0.455. The highest BCUT2D eigenvalue weighted by Crippen LogP contribution is 2.27. The smallest absolute Gasteiger partial charge is 0.243 e. The molecule has 150 valence electrons. The number of carbonyl (C=O) groups excluding carboxylic acids is 2. The summed E-state index contributed by atoms with van der Waals surface area (Å²) in [6.07, 6.45) is 4.28. The molecule has 0 aromatic heterocycles. The minimum Gasteiger partial charge on any atom is -0.343 e. The average molecular weight is 383 g/mol. The molecule has 2 amide bonds. The van der Waals surface area contributed by atoms with Gasteiger partial charge in [0.15, 0.2) is 0 Å². The van der Waals surface area contributed by atoms with Crippen molar-refractivity contribution in [1.29, 1.82) is 0 Å². The van der Waals surface area contributed by atoms with Crippen LogP contribution < -0.4 is 11.2 Å². The number of nitrogens with zero attached hydrogens (tertiary/aromatic N) is 1. The summed E-state index contributed by atoms with van der Waals surface area (Å²) in [6.45, 7) is 1.50. The van der Waals surface area contributed by atoms with Gasteiger partial charge in [0.1, 0.15) is 0 Å². The van der Waals surface area contributed by atoms with Gasteiger partial charge in [-0.1, -0.05) is 42.5 Å². The van der Waals surface area contributed by atoms with Crippen LogP contribution in [0.1, 0.15) is 50.1 Å². The van der Waals surface area contributed by atoms with Crippen molar-refractivity contribution in [1.82, 2.24) is 10.4 Å². The van der Waals surface area contributed by atoms with Crippen molar-refractivity contribution in [2.24, 2.45) is 11.7 Å². The Morgan fingerprint density at radius 1 is 1.14 bits per heavy atom. The summed E-state index contributed by atoms with van der Waals surface area (Å²) in [5, 5.41) is 10.8. The van der Waals surface area contributed by atoms with Crippen LogP contribution in [0.5, 0.6) is 0 Å². The number of hydrogen-bond donors (Lipinski definition) is 3. The second-order valence-electron chi connectivity index (χ2n) is 7.63. The molecular formula is C22H29N3O3. The number of likely N-dealkylation sites (tertiary alicyclic amines) is 1. The number of nitrogens with one attached hydrogen (secondary N) is 1. The zero-order valence-electron chi connectivity index (χ0n) is 16.1. The molecule has 1 fully saturated rings. The predicted octanol–water partition coefficient (Wildman–Crippen LogP) is 3.14. The molecule has 2 aromatic carbocycles. The molecule has 3 rings (SSSR count). The summed E-state index contributed by atoms with van der Waals surface area (Å²) < 4.78 is 0. The molecule has 0 spiro atoms. The standard InChI is InChI=1S/C22H29N3O3/c23-20(19-9-4-7-17-6-1-2-8-18(17)19)15-22(27)25-13-11-16(12-14-25)5-3-10-21(26)24-28/h1-2,4,6-9,16,20,28H,3,5,10-15,23H2,(H,24,26)/t20-/m1/s1. The van der Waals surface area contributed by atoms with Crippen LogP contribution >= 0.6 is 0 Å². The Morgan fingerprint density at radius 2 is 1.86 bits per heavy atom. The third-order valence-corrected chi connectivity index (χ3v) is 5.73. The molecule has 6 heteroatoms. The normalized spacial score (nSPS) is 16.1. The average Bonchev–Trinajstić information content (AvgIpc) is 2.73. The number of piperidine rings is 1. The van der Waals surface area contributed by atoms with Gasteiger partial charge < -0.3 is 10.6 Å². The van der Waals surface area contributed by atoms with E-state index in [1.54, 1.807) is 5.48 Å². The quantitative estimate of drug-likeness (QED) is 0.505. The number of hydrogen-bond acceptors (Lipinski definition) is 4. The molecule has 4 N–H and O–H groups in total. The maximum absolute atomic E-state index is 12.7. The van der Waals surface area contributed by atoms with Crippen LogP contribution in [-0.2, 0) is 9.59 Å². The van der Waals surface area contributed by atoms with Crippen LogP contribution in [0.4, 0.5) is 0 Å². The van der Waals surface area contributed by atoms with Crippen molar-refractivity contribution < 1.29 is 14.8 Å². The number of fused-ring (bicyclic) bond motifs is 1. The Hall–Kier alpha value is -2.44. The molecule has 1 heterocycles. The van der Waals surface area contributed by atoms with E-state index in [1.807, 2.05) is 29.2 Å². The van der Waals surface area contributed by atoms with E-state index < -0.39 is 0 Å². The van der Waals surface area contributed by atoms with Gasteiger partial charge in [0.05, 0.1) is 0 Å². The Balaban J connectivity index is 1.49. The van der Waals surface area contributed by atoms with E-state index in [4.69, 9.17) is 10.9 Å². The lowest BCUT2D eigenvalue weighted by atomic mass is 9.91. The zero-order valence-corrected chi connectivity index (χ0v) is 16.1. The fourth-order valence-electron chi connectivity index (χ4n) is 4.08. The molecule has 1 aliphatic heterocycles. The molecule has 0 bridgehead atoms. The number of carbonyl (C=O) groups is 2. The predicted molar refractivity (Wildman–Crippen MR) is 109 cm³/mol. The summed E-state index contributed by atoms with van der Waals surface area (Å²) >= 11 is 0. The molecule has 28 heavy (non-hydrogen) atoms. The summed E-state index contributed by atoms with van der Waals surface area (Å²) in [4.78, 5) is 25.7. The first-order valence-electron chi connectivity index (χ1n) is 10.0. The van der Waals surface area contributed by atoms with Crippen LogP contribution in [-0.4, -0.2) is 35.0 Å². The summed E-state index contributed by atoms with van der Waals surface area (Å²) in [6, 6.07) is 13.9. The Bertz CT molecular complexity index is 810. The summed E-state index contributed by atoms with van der Waals surface area (Å²) in [5.74, 6) is 0.302. The summed E-state index contributed by atoms with van der Waals surface area (Å²) in [7, 11) is 0. The third-order valence-electron chi connectivity index (χ3n) is 5.73. The second kappa shape index (κ2) is 9.66. The Labute approximate surface area is 165 Å². The number of nitrogens with two attached hydrogens (primary N) is 1. The molecule has 6 nitrogen and oxygen atoms in total. The van der Waals surface area contributed by atoms with E-state index in [0.717, 1.165) is 55.1 Å². The highest BCUT2D eigenvalue weighted by atomic mass is 16.5. The van der Waals surface area contributed by atoms with E-state index >= 15 is 0 Å². The molecule has 1 aliphatic rings. The number of rotatable bonds is 7. The minimum atomic E-state index is -0.338. The first-order valence-corrected chi connectivity index (χ1v) is 10.0. The maximum Gasteiger partial charge on any atom is 0.243 e.